The first kappa shape index (κ1) is 12.5. The normalized spacial score (nSPS) is 17.1. The van der Waals surface area contributed by atoms with Gasteiger partial charge in [0, 0.05) is 24.5 Å². The quantitative estimate of drug-likeness (QED) is 0.643. The summed E-state index contributed by atoms with van der Waals surface area (Å²) in [6.45, 7) is 1.34. The molecule has 2 heterocycles. The first-order valence-electron chi connectivity index (χ1n) is 5.27. The lowest BCUT2D eigenvalue weighted by Crippen LogP contribution is -2.18. The van der Waals surface area contributed by atoms with E-state index < -0.39 is 11.6 Å². The van der Waals surface area contributed by atoms with Crippen molar-refractivity contribution in [3.63, 3.8) is 0 Å². The number of nitrogens with one attached hydrogen (secondary N) is 1. The zero-order valence-electron chi connectivity index (χ0n) is 9.08. The third-order valence-electron chi connectivity index (χ3n) is 2.48. The van der Waals surface area contributed by atoms with Crippen LogP contribution in [0.15, 0.2) is 11.1 Å². The van der Waals surface area contributed by atoms with Crippen molar-refractivity contribution in [1.82, 2.24) is 4.98 Å². The number of pyridine rings is 1. The third kappa shape index (κ3) is 3.05. The molecule has 1 saturated heterocycles. The number of nitrogen functional groups attached to an aromatic ring is 1. The average molecular weight is 261 g/mol. The van der Waals surface area contributed by atoms with Gasteiger partial charge < -0.3 is 10.2 Å². The maximum Gasteiger partial charge on any atom is 0.177 e. The number of thioether (sulfide) groups is 1. The molecule has 1 aliphatic heterocycles. The molecule has 0 aliphatic carbocycles. The van der Waals surface area contributed by atoms with Gasteiger partial charge in [-0.1, -0.05) is 11.8 Å². The van der Waals surface area contributed by atoms with Crippen molar-refractivity contribution in [2.75, 3.05) is 18.6 Å². The number of ether oxygens (including phenoxy) is 1. The topological polar surface area (TPSA) is 60.2 Å². The van der Waals surface area contributed by atoms with Crippen molar-refractivity contribution in [2.45, 2.75) is 23.1 Å². The van der Waals surface area contributed by atoms with E-state index in [1.807, 2.05) is 0 Å². The van der Waals surface area contributed by atoms with Crippen LogP contribution in [0, 0.1) is 11.6 Å². The second-order valence-corrected chi connectivity index (χ2v) is 4.97. The maximum absolute atomic E-state index is 13.5. The minimum absolute atomic E-state index is 0.138. The number of nitrogens with zero attached hydrogens (tertiary/aromatic N) is 1. The summed E-state index contributed by atoms with van der Waals surface area (Å²) < 4.78 is 31.8. The third-order valence-corrected chi connectivity index (χ3v) is 3.79. The lowest BCUT2D eigenvalue weighted by Gasteiger charge is -2.21. The van der Waals surface area contributed by atoms with Crippen molar-refractivity contribution < 1.29 is 13.5 Å². The van der Waals surface area contributed by atoms with Crippen LogP contribution in [0.1, 0.15) is 12.8 Å². The van der Waals surface area contributed by atoms with Crippen molar-refractivity contribution >= 4 is 17.6 Å². The van der Waals surface area contributed by atoms with Crippen LogP contribution in [0.3, 0.4) is 0 Å². The van der Waals surface area contributed by atoms with E-state index in [2.05, 4.69) is 10.4 Å². The minimum atomic E-state index is -0.790. The molecule has 4 nitrogen and oxygen atoms in total. The van der Waals surface area contributed by atoms with Crippen LogP contribution < -0.4 is 11.3 Å². The van der Waals surface area contributed by atoms with E-state index >= 15 is 0 Å². The average Bonchev–Trinajstić information content (AvgIpc) is 2.34. The Hall–Kier alpha value is -0.920. The monoisotopic (exact) mass is 261 g/mol. The Kier molecular flexibility index (Phi) is 4.14. The van der Waals surface area contributed by atoms with E-state index in [9.17, 15) is 8.78 Å². The molecule has 94 valence electrons. The van der Waals surface area contributed by atoms with E-state index in [4.69, 9.17) is 10.6 Å². The summed E-state index contributed by atoms with van der Waals surface area (Å²) >= 11 is 1.30. The Morgan fingerprint density at radius 3 is 2.71 bits per heavy atom. The number of hydrogen-bond acceptors (Lipinski definition) is 5. The van der Waals surface area contributed by atoms with Crippen LogP contribution in [0.2, 0.25) is 0 Å². The summed E-state index contributed by atoms with van der Waals surface area (Å²) in [7, 11) is 0. The molecule has 7 heteroatoms. The first-order valence-corrected chi connectivity index (χ1v) is 6.15. The molecule has 0 aromatic carbocycles. The fourth-order valence-corrected chi connectivity index (χ4v) is 2.64. The molecule has 0 radical (unpaired) electrons. The molecule has 0 unspecified atom stereocenters. The number of anilines is 1. The lowest BCUT2D eigenvalue weighted by atomic mass is 10.2. The van der Waals surface area contributed by atoms with Crippen molar-refractivity contribution in [3.8, 4) is 0 Å². The van der Waals surface area contributed by atoms with Crippen LogP contribution in [-0.4, -0.2) is 23.4 Å². The molecule has 17 heavy (non-hydrogen) atoms. The molecule has 1 fully saturated rings. The van der Waals surface area contributed by atoms with E-state index in [0.717, 1.165) is 18.9 Å². The van der Waals surface area contributed by atoms with E-state index in [0.29, 0.717) is 13.2 Å². The lowest BCUT2D eigenvalue weighted by molar-refractivity contribution is 0.1000. The van der Waals surface area contributed by atoms with Crippen LogP contribution >= 0.6 is 11.8 Å². The molecule has 3 N–H and O–H groups in total. The summed E-state index contributed by atoms with van der Waals surface area (Å²) in [6.07, 6.45) is 1.68. The Morgan fingerprint density at radius 1 is 1.35 bits per heavy atom. The highest BCUT2D eigenvalue weighted by Crippen LogP contribution is 2.31. The number of aromatic nitrogens is 1. The molecule has 0 saturated carbocycles. The van der Waals surface area contributed by atoms with Gasteiger partial charge in [-0.05, 0) is 12.8 Å². The molecule has 1 aromatic rings. The van der Waals surface area contributed by atoms with Crippen molar-refractivity contribution in [3.05, 3.63) is 17.7 Å². The molecular weight excluding hydrogens is 248 g/mol. The molecule has 1 aromatic heterocycles. The zero-order valence-corrected chi connectivity index (χ0v) is 9.90. The summed E-state index contributed by atoms with van der Waals surface area (Å²) in [6, 6.07) is 0.795. The van der Waals surface area contributed by atoms with Gasteiger partial charge in [-0.25, -0.2) is 19.6 Å². The van der Waals surface area contributed by atoms with Gasteiger partial charge in [0.05, 0.1) is 0 Å². The second kappa shape index (κ2) is 5.61. The van der Waals surface area contributed by atoms with Crippen molar-refractivity contribution in [2.24, 2.45) is 5.84 Å². The fourth-order valence-electron chi connectivity index (χ4n) is 1.59. The Bertz CT molecular complexity index is 399. The number of nitrogens with two attached hydrogens (primary N) is 1. The van der Waals surface area contributed by atoms with Gasteiger partial charge in [0.2, 0.25) is 0 Å². The van der Waals surface area contributed by atoms with Gasteiger partial charge in [-0.15, -0.1) is 0 Å². The van der Waals surface area contributed by atoms with Gasteiger partial charge in [0.1, 0.15) is 5.03 Å². The summed E-state index contributed by atoms with van der Waals surface area (Å²) in [4.78, 5) is 3.82. The van der Waals surface area contributed by atoms with Crippen LogP contribution in [-0.2, 0) is 4.74 Å². The Balaban J connectivity index is 2.13. The van der Waals surface area contributed by atoms with Crippen molar-refractivity contribution in [1.29, 1.82) is 0 Å². The minimum Gasteiger partial charge on any atom is -0.381 e. The van der Waals surface area contributed by atoms with Crippen LogP contribution in [0.4, 0.5) is 14.6 Å². The van der Waals surface area contributed by atoms with Crippen LogP contribution in [0.25, 0.3) is 0 Å². The summed E-state index contributed by atoms with van der Waals surface area (Å²) in [5.74, 6) is 3.52. The van der Waals surface area contributed by atoms with Crippen LogP contribution in [0.5, 0.6) is 0 Å². The highest BCUT2D eigenvalue weighted by Gasteiger charge is 2.19. The van der Waals surface area contributed by atoms with Gasteiger partial charge in [0.15, 0.2) is 17.5 Å². The maximum atomic E-state index is 13.5. The second-order valence-electron chi connectivity index (χ2n) is 3.68. The number of hydrogen-bond donors (Lipinski definition) is 2. The molecule has 0 atom stereocenters. The highest BCUT2D eigenvalue weighted by atomic mass is 32.2. The molecule has 0 bridgehead atoms. The number of rotatable bonds is 3. The largest absolute Gasteiger partial charge is 0.381 e. The fraction of sp³-hybridized carbons (Fsp3) is 0.500. The molecule has 0 spiro atoms. The summed E-state index contributed by atoms with van der Waals surface area (Å²) in [5, 5.41) is 0.424. The molecule has 0 amide bonds. The number of hydrazine groups is 1. The smallest absolute Gasteiger partial charge is 0.177 e. The van der Waals surface area contributed by atoms with E-state index in [1.54, 1.807) is 0 Å². The Labute approximate surface area is 102 Å². The summed E-state index contributed by atoms with van der Waals surface area (Å²) in [5.41, 5.74) is 2.11. The molecular formula is C10H13F2N3OS. The molecule has 2 rings (SSSR count). The van der Waals surface area contributed by atoms with Gasteiger partial charge >= 0.3 is 0 Å². The number of halogens is 2. The van der Waals surface area contributed by atoms with E-state index in [-0.39, 0.29) is 16.1 Å². The van der Waals surface area contributed by atoms with Gasteiger partial charge in [-0.3, -0.25) is 0 Å². The van der Waals surface area contributed by atoms with Gasteiger partial charge in [-0.2, -0.15) is 0 Å². The predicted molar refractivity (Wildman–Crippen MR) is 61.7 cm³/mol. The Morgan fingerprint density at radius 2 is 2.06 bits per heavy atom. The standard InChI is InChI=1S/C10H13F2N3OS/c11-7-5-8(12)10(14-9(7)15-13)17-6-1-3-16-4-2-6/h5-6H,1-4,13H2,(H,14,15). The zero-order chi connectivity index (χ0) is 12.3. The predicted octanol–water partition coefficient (Wildman–Crippen LogP) is 1.92. The molecule has 1 aliphatic rings. The van der Waals surface area contributed by atoms with E-state index in [1.165, 1.54) is 11.8 Å². The first-order chi connectivity index (χ1) is 8.20. The highest BCUT2D eigenvalue weighted by molar-refractivity contribution is 7.99. The van der Waals surface area contributed by atoms with Gasteiger partial charge in [0.25, 0.3) is 0 Å². The SMILES string of the molecule is NNc1nc(SC2CCOCC2)c(F)cc1F.